The number of halogens is 2. The number of hydrogen-bond acceptors (Lipinski definition) is 7. The summed E-state index contributed by atoms with van der Waals surface area (Å²) in [6.07, 6.45) is 1.07. The van der Waals surface area contributed by atoms with Gasteiger partial charge in [0.15, 0.2) is 5.69 Å². The van der Waals surface area contributed by atoms with Gasteiger partial charge in [0.25, 0.3) is 5.91 Å². The molecule has 1 aliphatic rings. The summed E-state index contributed by atoms with van der Waals surface area (Å²) in [6.45, 7) is 2.94. The van der Waals surface area contributed by atoms with Crippen molar-refractivity contribution >= 4 is 34.3 Å². The standard InChI is InChI=1S/C18H21F2N7OS/c1-23-16(27-7-5-24-6-8-27)12(9-21)25-17(28)14-15(22)29-18(26-14)13-10(19)3-2-4-11(13)20/h2-4,9,12,21,24H,5-8,22H2,1H3,(H,25,28). The van der Waals surface area contributed by atoms with E-state index in [0.29, 0.717) is 18.9 Å². The summed E-state index contributed by atoms with van der Waals surface area (Å²) >= 11 is 0.821. The zero-order chi connectivity index (χ0) is 21.0. The highest BCUT2D eigenvalue weighted by atomic mass is 32.1. The van der Waals surface area contributed by atoms with Crippen molar-refractivity contribution in [3.8, 4) is 10.6 Å². The lowest BCUT2D eigenvalue weighted by atomic mass is 10.2. The summed E-state index contributed by atoms with van der Waals surface area (Å²) in [5.74, 6) is -1.68. The van der Waals surface area contributed by atoms with Crippen LogP contribution in [0, 0.1) is 17.0 Å². The Morgan fingerprint density at radius 3 is 2.66 bits per heavy atom. The number of amidine groups is 1. The van der Waals surface area contributed by atoms with Crippen molar-refractivity contribution in [1.82, 2.24) is 20.5 Å². The van der Waals surface area contributed by atoms with Gasteiger partial charge in [-0.05, 0) is 12.1 Å². The minimum absolute atomic E-state index is 0.0267. The monoisotopic (exact) mass is 421 g/mol. The van der Waals surface area contributed by atoms with Crippen molar-refractivity contribution in [2.45, 2.75) is 6.04 Å². The van der Waals surface area contributed by atoms with Crippen LogP contribution in [0.1, 0.15) is 10.5 Å². The molecule has 8 nitrogen and oxygen atoms in total. The third kappa shape index (κ3) is 4.40. The van der Waals surface area contributed by atoms with E-state index in [9.17, 15) is 13.6 Å². The van der Waals surface area contributed by atoms with Gasteiger partial charge in [-0.15, -0.1) is 0 Å². The van der Waals surface area contributed by atoms with Crippen LogP contribution in [0.15, 0.2) is 23.2 Å². The van der Waals surface area contributed by atoms with Gasteiger partial charge in [0, 0.05) is 39.4 Å². The van der Waals surface area contributed by atoms with Crippen LogP contribution in [-0.4, -0.2) is 67.1 Å². The summed E-state index contributed by atoms with van der Waals surface area (Å²) in [7, 11) is 1.59. The molecule has 1 aliphatic heterocycles. The van der Waals surface area contributed by atoms with Crippen LogP contribution < -0.4 is 16.4 Å². The van der Waals surface area contributed by atoms with Crippen molar-refractivity contribution in [2.24, 2.45) is 4.99 Å². The van der Waals surface area contributed by atoms with Gasteiger partial charge < -0.3 is 26.7 Å². The quantitative estimate of drug-likeness (QED) is 0.429. The highest BCUT2D eigenvalue weighted by Crippen LogP contribution is 2.33. The first kappa shape index (κ1) is 20.8. The van der Waals surface area contributed by atoms with Gasteiger partial charge in [-0.2, -0.15) is 0 Å². The van der Waals surface area contributed by atoms with Crippen molar-refractivity contribution in [3.05, 3.63) is 35.5 Å². The van der Waals surface area contributed by atoms with Crippen LogP contribution in [0.4, 0.5) is 13.8 Å². The van der Waals surface area contributed by atoms with E-state index >= 15 is 0 Å². The van der Waals surface area contributed by atoms with Gasteiger partial charge in [-0.3, -0.25) is 9.79 Å². The number of nitrogen functional groups attached to an aromatic ring is 1. The molecule has 0 aliphatic carbocycles. The molecule has 11 heteroatoms. The van der Waals surface area contributed by atoms with Crippen molar-refractivity contribution in [3.63, 3.8) is 0 Å². The lowest BCUT2D eigenvalue weighted by molar-refractivity contribution is 0.0949. The van der Waals surface area contributed by atoms with Gasteiger partial charge in [0.05, 0.1) is 5.56 Å². The summed E-state index contributed by atoms with van der Waals surface area (Å²) in [5, 5.41) is 13.6. The Morgan fingerprint density at radius 1 is 1.41 bits per heavy atom. The maximum atomic E-state index is 14.0. The maximum absolute atomic E-state index is 14.0. The number of hydrogen-bond donors (Lipinski definition) is 4. The molecule has 1 amide bonds. The number of amides is 1. The highest BCUT2D eigenvalue weighted by Gasteiger charge is 2.26. The van der Waals surface area contributed by atoms with E-state index in [2.05, 4.69) is 20.6 Å². The van der Waals surface area contributed by atoms with Crippen molar-refractivity contribution < 1.29 is 13.6 Å². The summed E-state index contributed by atoms with van der Waals surface area (Å²) < 4.78 is 28.1. The van der Waals surface area contributed by atoms with Gasteiger partial charge in [0.1, 0.15) is 33.5 Å². The molecule has 154 valence electrons. The fourth-order valence-electron chi connectivity index (χ4n) is 3.07. The van der Waals surface area contributed by atoms with E-state index in [-0.39, 0.29) is 21.3 Å². The van der Waals surface area contributed by atoms with Gasteiger partial charge in [-0.1, -0.05) is 17.4 Å². The fourth-order valence-corrected chi connectivity index (χ4v) is 3.94. The second-order valence-electron chi connectivity index (χ2n) is 6.27. The minimum atomic E-state index is -0.790. The minimum Gasteiger partial charge on any atom is -0.389 e. The van der Waals surface area contributed by atoms with Crippen molar-refractivity contribution in [1.29, 1.82) is 5.41 Å². The molecule has 0 saturated carbocycles. The molecule has 1 aromatic heterocycles. The number of carbonyl (C=O) groups excluding carboxylic acids is 1. The van der Waals surface area contributed by atoms with Crippen LogP contribution in [-0.2, 0) is 0 Å². The number of benzene rings is 1. The lowest BCUT2D eigenvalue weighted by Crippen LogP contribution is -2.54. The van der Waals surface area contributed by atoms with Gasteiger partial charge >= 0.3 is 0 Å². The number of piperazine rings is 1. The number of nitrogens with zero attached hydrogens (tertiary/aromatic N) is 3. The van der Waals surface area contributed by atoms with Crippen LogP contribution >= 0.6 is 11.3 Å². The number of rotatable bonds is 5. The highest BCUT2D eigenvalue weighted by molar-refractivity contribution is 7.19. The molecular formula is C18H21F2N7OS. The van der Waals surface area contributed by atoms with E-state index in [1.807, 2.05) is 4.90 Å². The van der Waals surface area contributed by atoms with Crippen LogP contribution in [0.25, 0.3) is 10.6 Å². The zero-order valence-corrected chi connectivity index (χ0v) is 16.5. The predicted octanol–water partition coefficient (Wildman–Crippen LogP) is 1.35. The average molecular weight is 421 g/mol. The number of nitrogens with one attached hydrogen (secondary N) is 3. The Hall–Kier alpha value is -2.92. The first-order valence-corrected chi connectivity index (χ1v) is 9.72. The molecule has 2 aromatic rings. The van der Waals surface area contributed by atoms with E-state index in [4.69, 9.17) is 11.1 Å². The summed E-state index contributed by atoms with van der Waals surface area (Å²) in [6, 6.07) is 2.69. The van der Waals surface area contributed by atoms with E-state index in [0.717, 1.165) is 42.8 Å². The third-order valence-electron chi connectivity index (χ3n) is 4.45. The van der Waals surface area contributed by atoms with Gasteiger partial charge in [0.2, 0.25) is 0 Å². The molecular weight excluding hydrogens is 400 g/mol. The second kappa shape index (κ2) is 9.05. The Labute approximate surface area is 170 Å². The Bertz CT molecular complexity index is 920. The van der Waals surface area contributed by atoms with E-state index in [1.54, 1.807) is 7.05 Å². The SMILES string of the molecule is CN=C(C(C=N)NC(=O)c1nc(-c2c(F)cccc2F)sc1N)N1CCNCC1. The molecule has 1 atom stereocenters. The summed E-state index contributed by atoms with van der Waals surface area (Å²) in [5.41, 5.74) is 5.42. The average Bonchev–Trinajstić information content (AvgIpc) is 3.09. The number of aromatic nitrogens is 1. The molecule has 0 spiro atoms. The molecule has 1 unspecified atom stereocenters. The molecule has 0 bridgehead atoms. The number of carbonyl (C=O) groups is 1. The third-order valence-corrected chi connectivity index (χ3v) is 5.35. The Balaban J connectivity index is 1.83. The van der Waals surface area contributed by atoms with Crippen LogP contribution in [0.2, 0.25) is 0 Å². The molecule has 1 fully saturated rings. The Morgan fingerprint density at radius 2 is 2.07 bits per heavy atom. The number of thiazole rings is 1. The van der Waals surface area contributed by atoms with Crippen LogP contribution in [0.5, 0.6) is 0 Å². The first-order chi connectivity index (χ1) is 14.0. The number of aliphatic imine (C=N–C) groups is 1. The van der Waals surface area contributed by atoms with E-state index in [1.165, 1.54) is 6.07 Å². The fraction of sp³-hybridized carbons (Fsp3) is 0.333. The zero-order valence-electron chi connectivity index (χ0n) is 15.7. The smallest absolute Gasteiger partial charge is 0.273 e. The molecule has 0 radical (unpaired) electrons. The number of nitrogens with two attached hydrogens (primary N) is 1. The first-order valence-electron chi connectivity index (χ1n) is 8.90. The molecule has 1 saturated heterocycles. The normalized spacial score (nSPS) is 15.8. The molecule has 3 rings (SSSR count). The maximum Gasteiger partial charge on any atom is 0.273 e. The van der Waals surface area contributed by atoms with E-state index < -0.39 is 23.6 Å². The topological polar surface area (TPSA) is 119 Å². The summed E-state index contributed by atoms with van der Waals surface area (Å²) in [4.78, 5) is 23.0. The largest absolute Gasteiger partial charge is 0.389 e. The van der Waals surface area contributed by atoms with Crippen molar-refractivity contribution in [2.75, 3.05) is 39.0 Å². The molecule has 1 aromatic carbocycles. The number of anilines is 1. The molecule has 5 N–H and O–H groups in total. The van der Waals surface area contributed by atoms with Gasteiger partial charge in [-0.25, -0.2) is 13.8 Å². The predicted molar refractivity (Wildman–Crippen MR) is 110 cm³/mol. The second-order valence-corrected chi connectivity index (χ2v) is 7.30. The lowest BCUT2D eigenvalue weighted by Gasteiger charge is -2.33. The Kier molecular flexibility index (Phi) is 6.49. The van der Waals surface area contributed by atoms with Crippen LogP contribution in [0.3, 0.4) is 0 Å². The molecule has 29 heavy (non-hydrogen) atoms. The molecule has 2 heterocycles.